The molecule has 0 aliphatic carbocycles. The first-order chi connectivity index (χ1) is 7.93. The summed E-state index contributed by atoms with van der Waals surface area (Å²) in [6.07, 6.45) is 6.44. The lowest BCUT2D eigenvalue weighted by atomic mass is 10.1. The van der Waals surface area contributed by atoms with Gasteiger partial charge in [0.2, 0.25) is 0 Å². The molecule has 1 aliphatic rings. The van der Waals surface area contributed by atoms with Crippen molar-refractivity contribution < 1.29 is 0 Å². The summed E-state index contributed by atoms with van der Waals surface area (Å²) in [7, 11) is 0. The largest absolute Gasteiger partial charge is 0.312 e. The van der Waals surface area contributed by atoms with E-state index in [9.17, 15) is 0 Å². The van der Waals surface area contributed by atoms with Gasteiger partial charge in [0.1, 0.15) is 0 Å². The molecule has 0 spiro atoms. The predicted octanol–water partition coefficient (Wildman–Crippen LogP) is 1.18. The van der Waals surface area contributed by atoms with Crippen molar-refractivity contribution in [2.75, 3.05) is 6.54 Å². The molecule has 4 nitrogen and oxygen atoms in total. The van der Waals surface area contributed by atoms with Crippen LogP contribution < -0.4 is 5.32 Å². The maximum Gasteiger partial charge on any atom is 0.160 e. The Hall–Kier alpha value is -1.81. The molecule has 4 heteroatoms. The van der Waals surface area contributed by atoms with Crippen LogP contribution in [0.3, 0.4) is 0 Å². The highest BCUT2D eigenvalue weighted by Gasteiger charge is 2.11. The van der Waals surface area contributed by atoms with Gasteiger partial charge in [-0.15, -0.1) is 0 Å². The zero-order valence-corrected chi connectivity index (χ0v) is 8.85. The van der Waals surface area contributed by atoms with Crippen LogP contribution in [0.2, 0.25) is 0 Å². The molecule has 16 heavy (non-hydrogen) atoms. The summed E-state index contributed by atoms with van der Waals surface area (Å²) < 4.78 is 0. The standard InChI is InChI=1S/C12H12N4/c1-2-9(6-13-4-1)12-15-8-10-7-14-5-3-11(10)16-12/h1-2,4,6,8,14H,3,5,7H2. The van der Waals surface area contributed by atoms with Crippen LogP contribution in [0, 0.1) is 0 Å². The van der Waals surface area contributed by atoms with Gasteiger partial charge in [0.25, 0.3) is 0 Å². The summed E-state index contributed by atoms with van der Waals surface area (Å²) >= 11 is 0. The number of pyridine rings is 1. The first-order valence-corrected chi connectivity index (χ1v) is 5.39. The van der Waals surface area contributed by atoms with Crippen LogP contribution in [0.5, 0.6) is 0 Å². The van der Waals surface area contributed by atoms with E-state index in [0.29, 0.717) is 0 Å². The van der Waals surface area contributed by atoms with E-state index in [4.69, 9.17) is 0 Å². The minimum atomic E-state index is 0.772. The number of aromatic nitrogens is 3. The third-order valence-electron chi connectivity index (χ3n) is 2.73. The SMILES string of the molecule is c1cncc(-c2ncc3c(n2)CCNC3)c1. The fourth-order valence-electron chi connectivity index (χ4n) is 1.87. The Labute approximate surface area is 93.8 Å². The van der Waals surface area contributed by atoms with Gasteiger partial charge in [-0.3, -0.25) is 4.98 Å². The second-order valence-electron chi connectivity index (χ2n) is 3.83. The summed E-state index contributed by atoms with van der Waals surface area (Å²) in [5.74, 6) is 0.772. The third kappa shape index (κ3) is 1.67. The molecule has 3 rings (SSSR count). The fourth-order valence-corrected chi connectivity index (χ4v) is 1.87. The molecule has 0 saturated heterocycles. The molecule has 0 bridgehead atoms. The van der Waals surface area contributed by atoms with Crippen LogP contribution in [0.25, 0.3) is 11.4 Å². The van der Waals surface area contributed by atoms with Gasteiger partial charge in [-0.1, -0.05) is 0 Å². The van der Waals surface area contributed by atoms with Crippen molar-refractivity contribution in [3.8, 4) is 11.4 Å². The van der Waals surface area contributed by atoms with Crippen molar-refractivity contribution in [1.82, 2.24) is 20.3 Å². The molecular weight excluding hydrogens is 200 g/mol. The Morgan fingerprint density at radius 2 is 2.25 bits per heavy atom. The highest BCUT2D eigenvalue weighted by molar-refractivity contribution is 5.53. The van der Waals surface area contributed by atoms with Crippen molar-refractivity contribution in [1.29, 1.82) is 0 Å². The minimum absolute atomic E-state index is 0.772. The van der Waals surface area contributed by atoms with E-state index in [0.717, 1.165) is 36.6 Å². The summed E-state index contributed by atoms with van der Waals surface area (Å²) in [5.41, 5.74) is 3.34. The zero-order valence-electron chi connectivity index (χ0n) is 8.85. The number of nitrogens with one attached hydrogen (secondary N) is 1. The normalized spacial score (nSPS) is 14.5. The second-order valence-corrected chi connectivity index (χ2v) is 3.83. The average molecular weight is 212 g/mol. The zero-order chi connectivity index (χ0) is 10.8. The van der Waals surface area contributed by atoms with Crippen molar-refractivity contribution in [2.45, 2.75) is 13.0 Å². The quantitative estimate of drug-likeness (QED) is 0.771. The van der Waals surface area contributed by atoms with Gasteiger partial charge >= 0.3 is 0 Å². The number of nitrogens with zero attached hydrogens (tertiary/aromatic N) is 3. The molecule has 1 N–H and O–H groups in total. The topological polar surface area (TPSA) is 50.7 Å². The van der Waals surface area contributed by atoms with Gasteiger partial charge in [-0.2, -0.15) is 0 Å². The van der Waals surface area contributed by atoms with Crippen LogP contribution in [-0.4, -0.2) is 21.5 Å². The molecule has 2 aromatic rings. The molecule has 2 aromatic heterocycles. The molecule has 80 valence electrons. The lowest BCUT2D eigenvalue weighted by Gasteiger charge is -2.15. The Balaban J connectivity index is 2.03. The van der Waals surface area contributed by atoms with E-state index >= 15 is 0 Å². The van der Waals surface area contributed by atoms with E-state index in [1.807, 2.05) is 18.3 Å². The number of hydrogen-bond donors (Lipinski definition) is 1. The maximum absolute atomic E-state index is 4.59. The highest BCUT2D eigenvalue weighted by Crippen LogP contribution is 2.16. The van der Waals surface area contributed by atoms with Crippen molar-refractivity contribution in [3.63, 3.8) is 0 Å². The summed E-state index contributed by atoms with van der Waals surface area (Å²) in [5, 5.41) is 3.31. The molecular formula is C12H12N4. The van der Waals surface area contributed by atoms with Gasteiger partial charge < -0.3 is 5.32 Å². The van der Waals surface area contributed by atoms with E-state index in [2.05, 4.69) is 20.3 Å². The van der Waals surface area contributed by atoms with Gasteiger partial charge in [0, 0.05) is 49.2 Å². The van der Waals surface area contributed by atoms with E-state index < -0.39 is 0 Å². The first-order valence-electron chi connectivity index (χ1n) is 5.39. The Morgan fingerprint density at radius 3 is 3.12 bits per heavy atom. The molecule has 0 atom stereocenters. The van der Waals surface area contributed by atoms with Gasteiger partial charge in [-0.05, 0) is 12.1 Å². The van der Waals surface area contributed by atoms with Crippen molar-refractivity contribution in [2.24, 2.45) is 0 Å². The maximum atomic E-state index is 4.59. The fraction of sp³-hybridized carbons (Fsp3) is 0.250. The summed E-state index contributed by atoms with van der Waals surface area (Å²) in [4.78, 5) is 13.0. The summed E-state index contributed by atoms with van der Waals surface area (Å²) in [6, 6.07) is 3.88. The molecule has 0 saturated carbocycles. The van der Waals surface area contributed by atoms with Crippen LogP contribution in [0.4, 0.5) is 0 Å². The molecule has 3 heterocycles. The van der Waals surface area contributed by atoms with Crippen LogP contribution in [0.15, 0.2) is 30.7 Å². The van der Waals surface area contributed by atoms with Crippen LogP contribution in [-0.2, 0) is 13.0 Å². The Kier molecular flexibility index (Phi) is 2.34. The molecule has 0 amide bonds. The predicted molar refractivity (Wildman–Crippen MR) is 60.7 cm³/mol. The van der Waals surface area contributed by atoms with Crippen LogP contribution >= 0.6 is 0 Å². The van der Waals surface area contributed by atoms with Crippen LogP contribution in [0.1, 0.15) is 11.3 Å². The van der Waals surface area contributed by atoms with Gasteiger partial charge in [0.05, 0.1) is 5.69 Å². The Morgan fingerprint density at radius 1 is 1.25 bits per heavy atom. The molecule has 0 fully saturated rings. The number of rotatable bonds is 1. The molecule has 0 radical (unpaired) electrons. The van der Waals surface area contributed by atoms with Crippen molar-refractivity contribution >= 4 is 0 Å². The third-order valence-corrected chi connectivity index (χ3v) is 2.73. The molecule has 1 aliphatic heterocycles. The lowest BCUT2D eigenvalue weighted by Crippen LogP contribution is -2.24. The number of hydrogen-bond acceptors (Lipinski definition) is 4. The van der Waals surface area contributed by atoms with Crippen molar-refractivity contribution in [3.05, 3.63) is 42.0 Å². The Bertz CT molecular complexity index is 496. The highest BCUT2D eigenvalue weighted by atomic mass is 14.9. The molecule has 0 unspecified atom stereocenters. The van der Waals surface area contributed by atoms with Gasteiger partial charge in [-0.25, -0.2) is 9.97 Å². The van der Waals surface area contributed by atoms with Gasteiger partial charge in [0.15, 0.2) is 5.82 Å². The second kappa shape index (κ2) is 3.98. The lowest BCUT2D eigenvalue weighted by molar-refractivity contribution is 0.626. The number of fused-ring (bicyclic) bond motifs is 1. The summed E-state index contributed by atoms with van der Waals surface area (Å²) in [6.45, 7) is 1.87. The van der Waals surface area contributed by atoms with E-state index in [-0.39, 0.29) is 0 Å². The first kappa shape index (κ1) is 9.42. The van der Waals surface area contributed by atoms with E-state index in [1.54, 1.807) is 12.4 Å². The minimum Gasteiger partial charge on any atom is -0.312 e. The van der Waals surface area contributed by atoms with E-state index in [1.165, 1.54) is 5.56 Å². The smallest absolute Gasteiger partial charge is 0.160 e. The molecule has 0 aromatic carbocycles. The average Bonchev–Trinajstić information content (AvgIpc) is 2.39. The monoisotopic (exact) mass is 212 g/mol.